The lowest BCUT2D eigenvalue weighted by molar-refractivity contribution is -0.120. The fourth-order valence-electron chi connectivity index (χ4n) is 1.40. The fraction of sp³-hybridized carbons (Fsp3) is 0.417. The average Bonchev–Trinajstić information content (AvgIpc) is 2.34. The van der Waals surface area contributed by atoms with Gasteiger partial charge in [0, 0.05) is 26.6 Å². The lowest BCUT2D eigenvalue weighted by atomic mass is 10.1. The molecule has 88 valence electrons. The maximum absolute atomic E-state index is 10.9. The third-order valence-corrected chi connectivity index (χ3v) is 2.31. The van der Waals surface area contributed by atoms with Crippen LogP contribution in [-0.4, -0.2) is 24.6 Å². The van der Waals surface area contributed by atoms with E-state index in [1.165, 1.54) is 0 Å². The summed E-state index contributed by atoms with van der Waals surface area (Å²) in [6, 6.07) is 7.74. The predicted molar refractivity (Wildman–Crippen MR) is 62.8 cm³/mol. The van der Waals surface area contributed by atoms with E-state index in [0.29, 0.717) is 19.5 Å². The molecule has 0 atom stereocenters. The van der Waals surface area contributed by atoms with Crippen LogP contribution in [0.2, 0.25) is 0 Å². The first-order valence-corrected chi connectivity index (χ1v) is 5.36. The van der Waals surface area contributed by atoms with Gasteiger partial charge in [0.15, 0.2) is 0 Å². The molecule has 1 aromatic rings. The van der Waals surface area contributed by atoms with Gasteiger partial charge in [-0.3, -0.25) is 4.79 Å². The first-order chi connectivity index (χ1) is 7.76. The number of amides is 1. The number of carbonyl (C=O) groups excluding carboxylic acids is 1. The van der Waals surface area contributed by atoms with E-state index in [-0.39, 0.29) is 12.5 Å². The van der Waals surface area contributed by atoms with Crippen LogP contribution < -0.4 is 10.6 Å². The molecular formula is C12H18N2O2. The van der Waals surface area contributed by atoms with Gasteiger partial charge in [-0.2, -0.15) is 0 Å². The highest BCUT2D eigenvalue weighted by molar-refractivity contribution is 5.75. The van der Waals surface area contributed by atoms with Gasteiger partial charge in [-0.15, -0.1) is 0 Å². The molecule has 0 radical (unpaired) electrons. The molecule has 0 aliphatic rings. The molecule has 1 aromatic carbocycles. The second-order valence-electron chi connectivity index (χ2n) is 3.58. The second kappa shape index (κ2) is 6.98. The summed E-state index contributed by atoms with van der Waals surface area (Å²) in [7, 11) is 1.63. The Morgan fingerprint density at radius 2 is 2.12 bits per heavy atom. The number of hydrogen-bond donors (Lipinski definition) is 3. The topological polar surface area (TPSA) is 61.4 Å². The number of rotatable bonds is 6. The van der Waals surface area contributed by atoms with Gasteiger partial charge in [0.1, 0.15) is 0 Å². The highest BCUT2D eigenvalue weighted by Gasteiger charge is 1.98. The minimum absolute atomic E-state index is 0.0385. The van der Waals surface area contributed by atoms with Crippen LogP contribution in [-0.2, 0) is 17.9 Å². The van der Waals surface area contributed by atoms with Crippen molar-refractivity contribution in [1.82, 2.24) is 10.6 Å². The van der Waals surface area contributed by atoms with E-state index >= 15 is 0 Å². The van der Waals surface area contributed by atoms with Crippen molar-refractivity contribution in [2.24, 2.45) is 0 Å². The van der Waals surface area contributed by atoms with E-state index in [1.807, 2.05) is 24.3 Å². The van der Waals surface area contributed by atoms with Crippen molar-refractivity contribution in [3.8, 4) is 0 Å². The minimum Gasteiger partial charge on any atom is -0.392 e. The molecule has 0 fully saturated rings. The van der Waals surface area contributed by atoms with Crippen LogP contribution in [0.5, 0.6) is 0 Å². The molecule has 0 aliphatic heterocycles. The van der Waals surface area contributed by atoms with E-state index in [4.69, 9.17) is 5.11 Å². The number of nitrogens with one attached hydrogen (secondary N) is 2. The molecule has 4 heteroatoms. The average molecular weight is 222 g/mol. The van der Waals surface area contributed by atoms with Crippen molar-refractivity contribution in [2.75, 3.05) is 13.6 Å². The lowest BCUT2D eigenvalue weighted by Gasteiger charge is -2.05. The summed E-state index contributed by atoms with van der Waals surface area (Å²) in [5, 5.41) is 14.7. The van der Waals surface area contributed by atoms with E-state index in [2.05, 4.69) is 10.6 Å². The number of carbonyl (C=O) groups is 1. The number of aliphatic hydroxyl groups is 1. The van der Waals surface area contributed by atoms with Crippen LogP contribution in [0, 0.1) is 0 Å². The maximum Gasteiger partial charge on any atom is 0.221 e. The molecule has 16 heavy (non-hydrogen) atoms. The van der Waals surface area contributed by atoms with Crippen LogP contribution in [0.1, 0.15) is 17.5 Å². The van der Waals surface area contributed by atoms with Crippen molar-refractivity contribution in [1.29, 1.82) is 0 Å². The maximum atomic E-state index is 10.9. The molecule has 4 nitrogen and oxygen atoms in total. The first-order valence-electron chi connectivity index (χ1n) is 5.36. The molecule has 0 aromatic heterocycles. The fourth-order valence-corrected chi connectivity index (χ4v) is 1.40. The summed E-state index contributed by atoms with van der Waals surface area (Å²) in [5.74, 6) is 0.0385. The highest BCUT2D eigenvalue weighted by atomic mass is 16.3. The molecule has 0 bridgehead atoms. The van der Waals surface area contributed by atoms with Gasteiger partial charge in [0.25, 0.3) is 0 Å². The normalized spacial score (nSPS) is 10.1. The van der Waals surface area contributed by atoms with E-state index in [1.54, 1.807) is 7.05 Å². The minimum atomic E-state index is 0.0385. The molecule has 3 N–H and O–H groups in total. The molecule has 0 aliphatic carbocycles. The first kappa shape index (κ1) is 12.7. The number of benzene rings is 1. The highest BCUT2D eigenvalue weighted by Crippen LogP contribution is 2.04. The van der Waals surface area contributed by atoms with Gasteiger partial charge in [0.05, 0.1) is 6.61 Å². The van der Waals surface area contributed by atoms with Crippen molar-refractivity contribution >= 4 is 5.91 Å². The van der Waals surface area contributed by atoms with Crippen LogP contribution in [0.15, 0.2) is 24.3 Å². The third kappa shape index (κ3) is 4.42. The van der Waals surface area contributed by atoms with Crippen molar-refractivity contribution in [3.05, 3.63) is 35.4 Å². The zero-order valence-corrected chi connectivity index (χ0v) is 9.49. The predicted octanol–water partition coefficient (Wildman–Crippen LogP) is 0.405. The Hall–Kier alpha value is -1.39. The largest absolute Gasteiger partial charge is 0.392 e. The molecule has 1 amide bonds. The zero-order chi connectivity index (χ0) is 11.8. The Labute approximate surface area is 95.7 Å². The van der Waals surface area contributed by atoms with Gasteiger partial charge in [-0.1, -0.05) is 24.3 Å². The Morgan fingerprint density at radius 3 is 2.81 bits per heavy atom. The monoisotopic (exact) mass is 222 g/mol. The zero-order valence-electron chi connectivity index (χ0n) is 9.49. The summed E-state index contributed by atoms with van der Waals surface area (Å²) in [6.45, 7) is 1.43. The standard InChI is InChI=1S/C12H18N2O2/c1-13-12(16)5-6-14-8-10-3-2-4-11(7-10)9-15/h2-4,7,14-15H,5-6,8-9H2,1H3,(H,13,16). The van der Waals surface area contributed by atoms with Crippen LogP contribution >= 0.6 is 0 Å². The van der Waals surface area contributed by atoms with E-state index in [9.17, 15) is 4.79 Å². The van der Waals surface area contributed by atoms with E-state index < -0.39 is 0 Å². The summed E-state index contributed by atoms with van der Waals surface area (Å²) >= 11 is 0. The third-order valence-electron chi connectivity index (χ3n) is 2.31. The number of hydrogen-bond acceptors (Lipinski definition) is 3. The van der Waals surface area contributed by atoms with Gasteiger partial charge in [0.2, 0.25) is 5.91 Å². The Balaban J connectivity index is 2.28. The van der Waals surface area contributed by atoms with Crippen LogP contribution in [0.4, 0.5) is 0 Å². The molecule has 1 rings (SSSR count). The smallest absolute Gasteiger partial charge is 0.221 e. The molecule has 0 saturated carbocycles. The Kier molecular flexibility index (Phi) is 5.53. The summed E-state index contributed by atoms with van der Waals surface area (Å²) in [5.41, 5.74) is 2.02. The SMILES string of the molecule is CNC(=O)CCNCc1cccc(CO)c1. The van der Waals surface area contributed by atoms with Crippen LogP contribution in [0.3, 0.4) is 0 Å². The number of aliphatic hydroxyl groups excluding tert-OH is 1. The molecule has 0 heterocycles. The van der Waals surface area contributed by atoms with Crippen molar-refractivity contribution in [2.45, 2.75) is 19.6 Å². The summed E-state index contributed by atoms with van der Waals surface area (Å²) in [4.78, 5) is 10.9. The second-order valence-corrected chi connectivity index (χ2v) is 3.58. The van der Waals surface area contributed by atoms with Gasteiger partial charge in [-0.05, 0) is 11.1 Å². The lowest BCUT2D eigenvalue weighted by Crippen LogP contribution is -2.24. The Bertz CT molecular complexity index is 340. The van der Waals surface area contributed by atoms with E-state index in [0.717, 1.165) is 11.1 Å². The van der Waals surface area contributed by atoms with Gasteiger partial charge in [-0.25, -0.2) is 0 Å². The Morgan fingerprint density at radius 1 is 1.38 bits per heavy atom. The van der Waals surface area contributed by atoms with Gasteiger partial charge < -0.3 is 15.7 Å². The molecule has 0 unspecified atom stereocenters. The molecule has 0 saturated heterocycles. The molecule has 0 spiro atoms. The van der Waals surface area contributed by atoms with Gasteiger partial charge >= 0.3 is 0 Å². The summed E-state index contributed by atoms with van der Waals surface area (Å²) in [6.07, 6.45) is 0.482. The summed E-state index contributed by atoms with van der Waals surface area (Å²) < 4.78 is 0. The van der Waals surface area contributed by atoms with Crippen LogP contribution in [0.25, 0.3) is 0 Å². The van der Waals surface area contributed by atoms with Crippen molar-refractivity contribution in [3.63, 3.8) is 0 Å². The quantitative estimate of drug-likeness (QED) is 0.611. The van der Waals surface area contributed by atoms with Crippen molar-refractivity contribution < 1.29 is 9.90 Å². The molecular weight excluding hydrogens is 204 g/mol.